The van der Waals surface area contributed by atoms with Crippen LogP contribution in [0.2, 0.25) is 0 Å². The summed E-state index contributed by atoms with van der Waals surface area (Å²) in [7, 11) is 0. The summed E-state index contributed by atoms with van der Waals surface area (Å²) in [6.07, 6.45) is 5.07. The van der Waals surface area contributed by atoms with Gasteiger partial charge in [0.05, 0.1) is 6.54 Å². The van der Waals surface area contributed by atoms with Crippen LogP contribution in [0.3, 0.4) is 0 Å². The van der Waals surface area contributed by atoms with Gasteiger partial charge in [-0.3, -0.25) is 14.5 Å². The molecule has 1 aromatic carbocycles. The lowest BCUT2D eigenvalue weighted by Gasteiger charge is -2.41. The number of benzene rings is 1. The fourth-order valence-corrected chi connectivity index (χ4v) is 4.30. The van der Waals surface area contributed by atoms with Gasteiger partial charge >= 0.3 is 0 Å². The predicted octanol–water partition coefficient (Wildman–Crippen LogP) is 3.13. The number of hydrogen-bond acceptors (Lipinski definition) is 3. The average molecular weight is 357 g/mol. The molecule has 2 aliphatic rings. The lowest BCUT2D eigenvalue weighted by molar-refractivity contribution is -0.138. The molecule has 0 radical (unpaired) electrons. The summed E-state index contributed by atoms with van der Waals surface area (Å²) in [6.45, 7) is 6.44. The second-order valence-electron chi connectivity index (χ2n) is 7.84. The third-order valence-corrected chi connectivity index (χ3v) is 5.84. The Morgan fingerprint density at radius 1 is 1.00 bits per heavy atom. The Labute approximate surface area is 156 Å². The Hall–Kier alpha value is -1.88. The van der Waals surface area contributed by atoms with E-state index < -0.39 is 0 Å². The predicted molar refractivity (Wildman–Crippen MR) is 104 cm³/mol. The van der Waals surface area contributed by atoms with E-state index >= 15 is 0 Å². The molecule has 3 rings (SSSR count). The standard InChI is InChI=1S/C21H31N3O2/c1-16-7-6-8-17(2)24(16)20(25)15-23-13-11-18(12-14-23)21(26)22-19-9-4-3-5-10-19/h3-5,9-10,16-18H,6-8,11-15H2,1-2H3,(H,22,26). The minimum absolute atomic E-state index is 0.0365. The van der Waals surface area contributed by atoms with Crippen molar-refractivity contribution in [1.29, 1.82) is 0 Å². The van der Waals surface area contributed by atoms with Crippen LogP contribution in [0.5, 0.6) is 0 Å². The van der Waals surface area contributed by atoms with Gasteiger partial charge < -0.3 is 10.2 Å². The number of nitrogens with zero attached hydrogens (tertiary/aromatic N) is 2. The fraction of sp³-hybridized carbons (Fsp3) is 0.619. The number of amides is 2. The Morgan fingerprint density at radius 2 is 1.62 bits per heavy atom. The third kappa shape index (κ3) is 4.64. The van der Waals surface area contributed by atoms with Crippen molar-refractivity contribution < 1.29 is 9.59 Å². The van der Waals surface area contributed by atoms with Crippen LogP contribution in [-0.4, -0.2) is 53.3 Å². The van der Waals surface area contributed by atoms with Crippen molar-refractivity contribution in [3.05, 3.63) is 30.3 Å². The highest BCUT2D eigenvalue weighted by Gasteiger charge is 2.31. The van der Waals surface area contributed by atoms with Crippen LogP contribution >= 0.6 is 0 Å². The van der Waals surface area contributed by atoms with Crippen LogP contribution in [0, 0.1) is 5.92 Å². The van der Waals surface area contributed by atoms with Gasteiger partial charge in [-0.05, 0) is 71.2 Å². The van der Waals surface area contributed by atoms with Crippen molar-refractivity contribution in [1.82, 2.24) is 9.80 Å². The molecular weight excluding hydrogens is 326 g/mol. The van der Waals surface area contributed by atoms with Gasteiger partial charge in [-0.1, -0.05) is 18.2 Å². The van der Waals surface area contributed by atoms with E-state index in [0.717, 1.165) is 44.5 Å². The Morgan fingerprint density at radius 3 is 2.23 bits per heavy atom. The van der Waals surface area contributed by atoms with E-state index in [4.69, 9.17) is 0 Å². The monoisotopic (exact) mass is 357 g/mol. The number of rotatable bonds is 4. The molecule has 5 nitrogen and oxygen atoms in total. The number of nitrogens with one attached hydrogen (secondary N) is 1. The Balaban J connectivity index is 1.46. The summed E-state index contributed by atoms with van der Waals surface area (Å²) in [5, 5.41) is 3.00. The average Bonchev–Trinajstić information content (AvgIpc) is 2.63. The van der Waals surface area contributed by atoms with E-state index in [9.17, 15) is 9.59 Å². The number of hydrogen-bond donors (Lipinski definition) is 1. The molecule has 2 unspecified atom stereocenters. The molecule has 2 saturated heterocycles. The third-order valence-electron chi connectivity index (χ3n) is 5.84. The summed E-state index contributed by atoms with van der Waals surface area (Å²) in [5.41, 5.74) is 0.850. The van der Waals surface area contributed by atoms with E-state index in [1.54, 1.807) is 0 Å². The van der Waals surface area contributed by atoms with Gasteiger partial charge in [-0.25, -0.2) is 0 Å². The van der Waals surface area contributed by atoms with Crippen molar-refractivity contribution in [2.24, 2.45) is 5.92 Å². The Bertz CT molecular complexity index is 601. The SMILES string of the molecule is CC1CCCC(C)N1C(=O)CN1CCC(C(=O)Nc2ccccc2)CC1. The topological polar surface area (TPSA) is 52.7 Å². The van der Waals surface area contributed by atoms with Gasteiger partial charge in [0.2, 0.25) is 11.8 Å². The second kappa shape index (κ2) is 8.67. The van der Waals surface area contributed by atoms with Crippen LogP contribution < -0.4 is 5.32 Å². The maximum atomic E-state index is 12.7. The summed E-state index contributed by atoms with van der Waals surface area (Å²) < 4.78 is 0. The molecule has 0 bridgehead atoms. The van der Waals surface area contributed by atoms with Crippen LogP contribution in [0.15, 0.2) is 30.3 Å². The number of carbonyl (C=O) groups is 2. The summed E-state index contributed by atoms with van der Waals surface area (Å²) >= 11 is 0. The van der Waals surface area contributed by atoms with Crippen LogP contribution in [0.25, 0.3) is 0 Å². The number of anilines is 1. The van der Waals surface area contributed by atoms with Gasteiger partial charge in [0.25, 0.3) is 0 Å². The van der Waals surface area contributed by atoms with E-state index in [1.165, 1.54) is 6.42 Å². The lowest BCUT2D eigenvalue weighted by Crippen LogP contribution is -2.52. The molecule has 2 atom stereocenters. The molecule has 5 heteroatoms. The van der Waals surface area contributed by atoms with E-state index in [0.29, 0.717) is 18.6 Å². The lowest BCUT2D eigenvalue weighted by atomic mass is 9.95. The van der Waals surface area contributed by atoms with Gasteiger partial charge in [-0.2, -0.15) is 0 Å². The highest BCUT2D eigenvalue weighted by molar-refractivity contribution is 5.92. The van der Waals surface area contributed by atoms with Crippen LogP contribution in [0.4, 0.5) is 5.69 Å². The molecule has 2 fully saturated rings. The first kappa shape index (κ1) is 18.9. The molecule has 2 aliphatic heterocycles. The molecule has 0 aliphatic carbocycles. The van der Waals surface area contributed by atoms with Gasteiger partial charge in [0, 0.05) is 23.7 Å². The van der Waals surface area contributed by atoms with Gasteiger partial charge in [0.15, 0.2) is 0 Å². The highest BCUT2D eigenvalue weighted by atomic mass is 16.2. The Kier molecular flexibility index (Phi) is 6.30. The smallest absolute Gasteiger partial charge is 0.237 e. The molecule has 0 saturated carbocycles. The first-order valence-corrected chi connectivity index (χ1v) is 9.94. The number of likely N-dealkylation sites (tertiary alicyclic amines) is 2. The number of carbonyl (C=O) groups excluding carboxylic acids is 2. The largest absolute Gasteiger partial charge is 0.336 e. The molecule has 142 valence electrons. The van der Waals surface area contributed by atoms with Crippen molar-refractivity contribution in [2.45, 2.75) is 58.0 Å². The van der Waals surface area contributed by atoms with Crippen molar-refractivity contribution in [3.8, 4) is 0 Å². The zero-order chi connectivity index (χ0) is 18.5. The minimum Gasteiger partial charge on any atom is -0.336 e. The van der Waals surface area contributed by atoms with E-state index in [1.807, 2.05) is 30.3 Å². The summed E-state index contributed by atoms with van der Waals surface area (Å²) in [5.74, 6) is 0.381. The molecule has 1 aromatic rings. The molecule has 26 heavy (non-hydrogen) atoms. The maximum absolute atomic E-state index is 12.7. The summed E-state index contributed by atoms with van der Waals surface area (Å²) in [6, 6.07) is 10.3. The molecule has 1 N–H and O–H groups in total. The van der Waals surface area contributed by atoms with E-state index in [-0.39, 0.29) is 17.7 Å². The zero-order valence-corrected chi connectivity index (χ0v) is 16.0. The molecule has 2 amide bonds. The summed E-state index contributed by atoms with van der Waals surface area (Å²) in [4.78, 5) is 29.5. The van der Waals surface area contributed by atoms with Crippen molar-refractivity contribution in [3.63, 3.8) is 0 Å². The first-order chi connectivity index (χ1) is 12.5. The van der Waals surface area contributed by atoms with Crippen molar-refractivity contribution >= 4 is 17.5 Å². The first-order valence-electron chi connectivity index (χ1n) is 9.94. The number of piperidine rings is 2. The molecule has 0 aromatic heterocycles. The van der Waals surface area contributed by atoms with Crippen LogP contribution in [0.1, 0.15) is 46.0 Å². The quantitative estimate of drug-likeness (QED) is 0.901. The minimum atomic E-state index is 0.0365. The van der Waals surface area contributed by atoms with E-state index in [2.05, 4.69) is 29.0 Å². The molecule has 2 heterocycles. The number of para-hydroxylation sites is 1. The van der Waals surface area contributed by atoms with Crippen LogP contribution in [-0.2, 0) is 9.59 Å². The second-order valence-corrected chi connectivity index (χ2v) is 7.84. The zero-order valence-electron chi connectivity index (χ0n) is 16.0. The molecule has 0 spiro atoms. The molecular formula is C21H31N3O2. The fourth-order valence-electron chi connectivity index (χ4n) is 4.30. The van der Waals surface area contributed by atoms with Gasteiger partial charge in [0.1, 0.15) is 0 Å². The van der Waals surface area contributed by atoms with Crippen molar-refractivity contribution in [2.75, 3.05) is 25.0 Å². The normalized spacial score (nSPS) is 25.1. The van der Waals surface area contributed by atoms with Gasteiger partial charge in [-0.15, -0.1) is 0 Å². The maximum Gasteiger partial charge on any atom is 0.237 e. The highest BCUT2D eigenvalue weighted by Crippen LogP contribution is 2.24.